The summed E-state index contributed by atoms with van der Waals surface area (Å²) in [6, 6.07) is 15.9. The average Bonchev–Trinajstić information content (AvgIpc) is 2.65. The molecule has 2 aromatic carbocycles. The van der Waals surface area contributed by atoms with E-state index in [2.05, 4.69) is 0 Å². The summed E-state index contributed by atoms with van der Waals surface area (Å²) in [7, 11) is 0. The Labute approximate surface area is 161 Å². The minimum atomic E-state index is -0.115. The average molecular weight is 364 g/mol. The van der Waals surface area contributed by atoms with E-state index in [9.17, 15) is 4.79 Å². The van der Waals surface area contributed by atoms with Crippen molar-refractivity contribution in [2.75, 3.05) is 4.90 Å². The van der Waals surface area contributed by atoms with Gasteiger partial charge in [0.1, 0.15) is 0 Å². The number of hydrogen-bond donors (Lipinski definition) is 2. The fourth-order valence-corrected chi connectivity index (χ4v) is 3.40. The second-order valence-electron chi connectivity index (χ2n) is 7.52. The van der Waals surface area contributed by atoms with Gasteiger partial charge in [0.2, 0.25) is 5.91 Å². The molecule has 0 aliphatic carbocycles. The lowest BCUT2D eigenvalue weighted by molar-refractivity contribution is -0.121. The molecular weight excluding hydrogens is 336 g/mol. The lowest BCUT2D eigenvalue weighted by atomic mass is 9.94. The summed E-state index contributed by atoms with van der Waals surface area (Å²) < 4.78 is 0. The molecule has 0 radical (unpaired) electrons. The summed E-state index contributed by atoms with van der Waals surface area (Å²) in [4.78, 5) is 14.8. The number of nitrogens with zero attached hydrogens (tertiary/aromatic N) is 2. The molecule has 0 fully saturated rings. The molecule has 2 aromatic rings. The summed E-state index contributed by atoms with van der Waals surface area (Å²) in [6.45, 7) is 8.37. The van der Waals surface area contributed by atoms with E-state index < -0.39 is 0 Å². The van der Waals surface area contributed by atoms with E-state index in [4.69, 9.17) is 11.6 Å². The zero-order valence-corrected chi connectivity index (χ0v) is 16.4. The molecule has 1 aliphatic heterocycles. The molecule has 3 rings (SSSR count). The van der Waals surface area contributed by atoms with Crippen LogP contribution >= 0.6 is 0 Å². The summed E-state index contributed by atoms with van der Waals surface area (Å²) in [6.07, 6.45) is 0. The third-order valence-corrected chi connectivity index (χ3v) is 4.92. The van der Waals surface area contributed by atoms with Gasteiger partial charge in [-0.15, -0.1) is 0 Å². The summed E-state index contributed by atoms with van der Waals surface area (Å²) in [5.41, 5.74) is 11.7. The van der Waals surface area contributed by atoms with Crippen molar-refractivity contribution in [1.82, 2.24) is 5.01 Å². The number of rotatable bonds is 3. The summed E-state index contributed by atoms with van der Waals surface area (Å²) >= 11 is 0. The van der Waals surface area contributed by atoms with Gasteiger partial charge in [0.05, 0.1) is 23.6 Å². The lowest BCUT2D eigenvalue weighted by Gasteiger charge is -2.34. The van der Waals surface area contributed by atoms with Crippen LogP contribution in [-0.2, 0) is 11.3 Å². The van der Waals surface area contributed by atoms with Crippen molar-refractivity contribution in [2.45, 2.75) is 40.3 Å². The van der Waals surface area contributed by atoms with Crippen LogP contribution in [0.5, 0.6) is 0 Å². The van der Waals surface area contributed by atoms with Crippen LogP contribution in [0.2, 0.25) is 0 Å². The molecule has 0 aromatic heterocycles. The number of fused-ring (bicyclic) bond motifs is 2. The molecule has 142 valence electrons. The van der Waals surface area contributed by atoms with Crippen LogP contribution in [0.1, 0.15) is 44.4 Å². The van der Waals surface area contributed by atoms with Crippen molar-refractivity contribution in [1.29, 1.82) is 0 Å². The number of hydrazine groups is 1. The predicted molar refractivity (Wildman–Crippen MR) is 111 cm³/mol. The standard InChI is InChI=1S/C22H28N4O/c1-14(2)22(27)25-13-16-9-5-6-10-17(16)21(26(24)15(3)4)20(23)18-11-7-8-12-19(18)25/h5-12,14-15H,13,23-24H2,1-4H3/b21-20-. The summed E-state index contributed by atoms with van der Waals surface area (Å²) in [5, 5.41) is 1.71. The van der Waals surface area contributed by atoms with Gasteiger partial charge in [0, 0.05) is 23.1 Å². The number of carbonyl (C=O) groups excluding carboxylic acids is 1. The van der Waals surface area contributed by atoms with E-state index in [-0.39, 0.29) is 17.9 Å². The second kappa shape index (κ2) is 7.45. The van der Waals surface area contributed by atoms with Gasteiger partial charge in [-0.1, -0.05) is 56.3 Å². The Balaban J connectivity index is 2.34. The van der Waals surface area contributed by atoms with Crippen LogP contribution in [0, 0.1) is 5.92 Å². The number of para-hydroxylation sites is 1. The molecule has 27 heavy (non-hydrogen) atoms. The number of hydrogen-bond acceptors (Lipinski definition) is 4. The van der Waals surface area contributed by atoms with E-state index in [1.54, 1.807) is 5.01 Å². The first-order valence-electron chi connectivity index (χ1n) is 9.35. The zero-order valence-electron chi connectivity index (χ0n) is 16.4. The Bertz CT molecular complexity index is 885. The SMILES string of the molecule is CC(C)C(=O)N1Cc2ccccc2/C(N(N)C(C)C)=C(/N)c2ccccc21. The highest BCUT2D eigenvalue weighted by molar-refractivity contribution is 6.01. The van der Waals surface area contributed by atoms with Crippen molar-refractivity contribution in [3.63, 3.8) is 0 Å². The molecule has 0 saturated carbocycles. The molecule has 1 heterocycles. The zero-order chi connectivity index (χ0) is 19.7. The molecule has 4 N–H and O–H groups in total. The first kappa shape index (κ1) is 19.0. The normalized spacial score (nSPS) is 16.6. The first-order chi connectivity index (χ1) is 12.8. The van der Waals surface area contributed by atoms with Crippen LogP contribution in [0.15, 0.2) is 48.5 Å². The van der Waals surface area contributed by atoms with E-state index >= 15 is 0 Å². The maximum absolute atomic E-state index is 13.0. The summed E-state index contributed by atoms with van der Waals surface area (Å²) in [5.74, 6) is 6.39. The third-order valence-electron chi connectivity index (χ3n) is 4.92. The fraction of sp³-hybridized carbons (Fsp3) is 0.318. The largest absolute Gasteiger partial charge is 0.396 e. The molecule has 0 bridgehead atoms. The van der Waals surface area contributed by atoms with Gasteiger partial charge in [-0.05, 0) is 25.5 Å². The predicted octanol–water partition coefficient (Wildman–Crippen LogP) is 3.56. The molecule has 1 aliphatic rings. The maximum atomic E-state index is 13.0. The lowest BCUT2D eigenvalue weighted by Crippen LogP contribution is -2.40. The molecule has 0 atom stereocenters. The van der Waals surface area contributed by atoms with Gasteiger partial charge >= 0.3 is 0 Å². The molecule has 0 spiro atoms. The van der Waals surface area contributed by atoms with Crippen molar-refractivity contribution in [3.8, 4) is 0 Å². The van der Waals surface area contributed by atoms with Crippen LogP contribution in [0.25, 0.3) is 11.4 Å². The van der Waals surface area contributed by atoms with Gasteiger partial charge in [-0.2, -0.15) is 0 Å². The Morgan fingerprint density at radius 2 is 1.59 bits per heavy atom. The van der Waals surface area contributed by atoms with Gasteiger partial charge in [-0.3, -0.25) is 4.79 Å². The van der Waals surface area contributed by atoms with E-state index in [1.165, 1.54) is 0 Å². The minimum absolute atomic E-state index is 0.0713. The number of benzene rings is 2. The topological polar surface area (TPSA) is 75.6 Å². The Kier molecular flexibility index (Phi) is 5.24. The quantitative estimate of drug-likeness (QED) is 0.645. The van der Waals surface area contributed by atoms with Crippen molar-refractivity contribution >= 4 is 23.0 Å². The first-order valence-corrected chi connectivity index (χ1v) is 9.35. The van der Waals surface area contributed by atoms with Crippen molar-refractivity contribution in [3.05, 3.63) is 65.2 Å². The van der Waals surface area contributed by atoms with E-state index in [0.29, 0.717) is 12.2 Å². The molecular formula is C22H28N4O. The van der Waals surface area contributed by atoms with Crippen LogP contribution < -0.4 is 16.5 Å². The fourth-order valence-electron chi connectivity index (χ4n) is 3.40. The number of amides is 1. The Morgan fingerprint density at radius 1 is 1.00 bits per heavy atom. The van der Waals surface area contributed by atoms with E-state index in [0.717, 1.165) is 28.1 Å². The van der Waals surface area contributed by atoms with Gasteiger partial charge in [0.25, 0.3) is 0 Å². The van der Waals surface area contributed by atoms with Crippen LogP contribution in [0.4, 0.5) is 5.69 Å². The number of carbonyl (C=O) groups is 1. The highest BCUT2D eigenvalue weighted by Gasteiger charge is 2.29. The molecule has 5 heteroatoms. The van der Waals surface area contributed by atoms with E-state index in [1.807, 2.05) is 81.1 Å². The van der Waals surface area contributed by atoms with Crippen LogP contribution in [-0.4, -0.2) is 17.0 Å². The molecule has 1 amide bonds. The number of anilines is 1. The monoisotopic (exact) mass is 364 g/mol. The Hall–Kier alpha value is -2.79. The highest BCUT2D eigenvalue weighted by Crippen LogP contribution is 2.37. The highest BCUT2D eigenvalue weighted by atomic mass is 16.2. The van der Waals surface area contributed by atoms with Gasteiger partial charge in [-0.25, -0.2) is 5.84 Å². The van der Waals surface area contributed by atoms with Crippen molar-refractivity contribution < 1.29 is 4.79 Å². The molecule has 0 unspecified atom stereocenters. The molecule has 5 nitrogen and oxygen atoms in total. The Morgan fingerprint density at radius 3 is 2.22 bits per heavy atom. The maximum Gasteiger partial charge on any atom is 0.229 e. The van der Waals surface area contributed by atoms with Crippen molar-refractivity contribution in [2.24, 2.45) is 17.5 Å². The number of nitrogens with two attached hydrogens (primary N) is 2. The molecule has 0 saturated heterocycles. The minimum Gasteiger partial charge on any atom is -0.396 e. The van der Waals surface area contributed by atoms with Gasteiger partial charge < -0.3 is 15.6 Å². The second-order valence-corrected chi connectivity index (χ2v) is 7.52. The smallest absolute Gasteiger partial charge is 0.229 e. The third kappa shape index (κ3) is 3.43. The van der Waals surface area contributed by atoms with Crippen LogP contribution in [0.3, 0.4) is 0 Å². The van der Waals surface area contributed by atoms with Gasteiger partial charge in [0.15, 0.2) is 0 Å².